The van der Waals surface area contributed by atoms with Crippen LogP contribution in [0.25, 0.3) is 0 Å². The van der Waals surface area contributed by atoms with Gasteiger partial charge >= 0.3 is 0 Å². The van der Waals surface area contributed by atoms with Crippen molar-refractivity contribution >= 4 is 17.4 Å². The van der Waals surface area contributed by atoms with E-state index in [2.05, 4.69) is 15.6 Å². The van der Waals surface area contributed by atoms with Crippen molar-refractivity contribution < 1.29 is 9.53 Å². The van der Waals surface area contributed by atoms with Crippen LogP contribution in [-0.4, -0.2) is 31.4 Å². The van der Waals surface area contributed by atoms with Crippen molar-refractivity contribution in [3.63, 3.8) is 0 Å². The van der Waals surface area contributed by atoms with Gasteiger partial charge in [-0.1, -0.05) is 30.3 Å². The van der Waals surface area contributed by atoms with E-state index >= 15 is 0 Å². The Bertz CT molecular complexity index is 729. The molecular formula is C20H23N3O2. The van der Waals surface area contributed by atoms with Crippen molar-refractivity contribution in [1.29, 1.82) is 0 Å². The van der Waals surface area contributed by atoms with Gasteiger partial charge in [-0.05, 0) is 37.1 Å². The third-order valence-electron chi connectivity index (χ3n) is 3.91. The summed E-state index contributed by atoms with van der Waals surface area (Å²) in [5.74, 6) is 1.67. The van der Waals surface area contributed by atoms with Gasteiger partial charge in [0, 0.05) is 25.1 Å². The highest BCUT2D eigenvalue weighted by molar-refractivity contribution is 6.06. The highest BCUT2D eigenvalue weighted by Crippen LogP contribution is 2.17. The molecule has 2 aromatic rings. The zero-order valence-corrected chi connectivity index (χ0v) is 14.2. The Hall–Kier alpha value is -2.82. The van der Waals surface area contributed by atoms with Crippen LogP contribution in [0.15, 0.2) is 59.6 Å². The third kappa shape index (κ3) is 5.08. The van der Waals surface area contributed by atoms with Crippen molar-refractivity contribution in [2.45, 2.75) is 19.3 Å². The summed E-state index contributed by atoms with van der Waals surface area (Å²) in [6, 6.07) is 17.4. The second kappa shape index (κ2) is 8.87. The maximum Gasteiger partial charge on any atom is 0.224 e. The minimum Gasteiger partial charge on any atom is -0.494 e. The average Bonchev–Trinajstić information content (AvgIpc) is 2.67. The predicted molar refractivity (Wildman–Crippen MR) is 100 cm³/mol. The Balaban J connectivity index is 1.50. The number of carbonyl (C=O) groups excluding carboxylic acids is 1. The molecule has 130 valence electrons. The summed E-state index contributed by atoms with van der Waals surface area (Å²) in [7, 11) is 0. The SMILES string of the molecule is O=C(CCCOc1ccccc1)Nc1ccccc1C1=NCCCN1. The number of rotatable bonds is 7. The van der Waals surface area contributed by atoms with Crippen molar-refractivity contribution in [3.8, 4) is 5.75 Å². The van der Waals surface area contributed by atoms with E-state index in [1.165, 1.54) is 0 Å². The van der Waals surface area contributed by atoms with Crippen molar-refractivity contribution in [2.24, 2.45) is 4.99 Å². The van der Waals surface area contributed by atoms with E-state index in [1.54, 1.807) is 0 Å². The lowest BCUT2D eigenvalue weighted by Gasteiger charge is -2.17. The number of hydrogen-bond acceptors (Lipinski definition) is 4. The van der Waals surface area contributed by atoms with Gasteiger partial charge in [-0.25, -0.2) is 0 Å². The van der Waals surface area contributed by atoms with Crippen LogP contribution in [-0.2, 0) is 4.79 Å². The van der Waals surface area contributed by atoms with Gasteiger partial charge in [-0.3, -0.25) is 9.79 Å². The zero-order chi connectivity index (χ0) is 17.3. The van der Waals surface area contributed by atoms with E-state index in [1.807, 2.05) is 54.6 Å². The number of aliphatic imine (C=N–C) groups is 1. The van der Waals surface area contributed by atoms with Gasteiger partial charge in [0.2, 0.25) is 5.91 Å². The highest BCUT2D eigenvalue weighted by Gasteiger charge is 2.13. The summed E-state index contributed by atoms with van der Waals surface area (Å²) >= 11 is 0. The van der Waals surface area contributed by atoms with E-state index < -0.39 is 0 Å². The predicted octanol–water partition coefficient (Wildman–Crippen LogP) is 3.22. The van der Waals surface area contributed by atoms with Crippen LogP contribution in [0.2, 0.25) is 0 Å². The highest BCUT2D eigenvalue weighted by atomic mass is 16.5. The molecule has 0 radical (unpaired) electrons. The van der Waals surface area contributed by atoms with Crippen LogP contribution in [0.1, 0.15) is 24.8 Å². The first-order valence-electron chi connectivity index (χ1n) is 8.68. The summed E-state index contributed by atoms with van der Waals surface area (Å²) < 4.78 is 5.62. The Morgan fingerprint density at radius 3 is 2.72 bits per heavy atom. The molecule has 0 saturated carbocycles. The van der Waals surface area contributed by atoms with Gasteiger partial charge in [-0.2, -0.15) is 0 Å². The molecule has 5 heteroatoms. The second-order valence-electron chi connectivity index (χ2n) is 5.87. The molecule has 2 N–H and O–H groups in total. The monoisotopic (exact) mass is 337 g/mol. The number of benzene rings is 2. The number of amidine groups is 1. The fraction of sp³-hybridized carbons (Fsp3) is 0.300. The lowest BCUT2D eigenvalue weighted by molar-refractivity contribution is -0.116. The number of nitrogens with zero attached hydrogens (tertiary/aromatic N) is 1. The quantitative estimate of drug-likeness (QED) is 0.763. The molecule has 0 bridgehead atoms. The van der Waals surface area contributed by atoms with Crippen LogP contribution < -0.4 is 15.4 Å². The molecule has 5 nitrogen and oxygen atoms in total. The lowest BCUT2D eigenvalue weighted by atomic mass is 10.1. The molecule has 1 amide bonds. The normalized spacial score (nSPS) is 13.5. The fourth-order valence-corrected chi connectivity index (χ4v) is 2.66. The number of anilines is 1. The second-order valence-corrected chi connectivity index (χ2v) is 5.87. The number of para-hydroxylation sites is 2. The molecule has 1 aliphatic rings. The number of nitrogens with one attached hydrogen (secondary N) is 2. The number of carbonyl (C=O) groups is 1. The Kier molecular flexibility index (Phi) is 6.04. The first-order chi connectivity index (χ1) is 12.3. The molecule has 1 aliphatic heterocycles. The summed E-state index contributed by atoms with van der Waals surface area (Å²) in [6.45, 7) is 2.26. The molecule has 2 aromatic carbocycles. The minimum absolute atomic E-state index is 0.0134. The molecule has 25 heavy (non-hydrogen) atoms. The molecule has 0 saturated heterocycles. The van der Waals surface area contributed by atoms with E-state index in [4.69, 9.17) is 4.74 Å². The molecule has 0 atom stereocenters. The summed E-state index contributed by atoms with van der Waals surface area (Å²) in [6.07, 6.45) is 2.13. The molecule has 0 aromatic heterocycles. The van der Waals surface area contributed by atoms with Crippen molar-refractivity contribution in [2.75, 3.05) is 25.0 Å². The first kappa shape index (κ1) is 17.0. The Morgan fingerprint density at radius 2 is 1.92 bits per heavy atom. The Labute approximate surface area is 148 Å². The van der Waals surface area contributed by atoms with Gasteiger partial charge in [0.05, 0.1) is 12.3 Å². The number of hydrogen-bond donors (Lipinski definition) is 2. The lowest BCUT2D eigenvalue weighted by Crippen LogP contribution is -2.31. The number of ether oxygens (including phenoxy) is 1. The van der Waals surface area contributed by atoms with Gasteiger partial charge in [0.15, 0.2) is 0 Å². The largest absolute Gasteiger partial charge is 0.494 e. The van der Waals surface area contributed by atoms with E-state index in [-0.39, 0.29) is 5.91 Å². The van der Waals surface area contributed by atoms with E-state index in [9.17, 15) is 4.79 Å². The smallest absolute Gasteiger partial charge is 0.224 e. The maximum atomic E-state index is 12.2. The van der Waals surface area contributed by atoms with Gasteiger partial charge in [0.25, 0.3) is 0 Å². The van der Waals surface area contributed by atoms with Crippen LogP contribution in [0.5, 0.6) is 5.75 Å². The molecule has 0 unspecified atom stereocenters. The van der Waals surface area contributed by atoms with Crippen LogP contribution in [0, 0.1) is 0 Å². The van der Waals surface area contributed by atoms with Crippen LogP contribution in [0.4, 0.5) is 5.69 Å². The molecule has 3 rings (SSSR count). The van der Waals surface area contributed by atoms with Gasteiger partial charge in [0.1, 0.15) is 11.6 Å². The molecule has 1 heterocycles. The van der Waals surface area contributed by atoms with E-state index in [0.29, 0.717) is 19.4 Å². The first-order valence-corrected chi connectivity index (χ1v) is 8.68. The number of amides is 1. The zero-order valence-electron chi connectivity index (χ0n) is 14.2. The van der Waals surface area contributed by atoms with Crippen molar-refractivity contribution in [1.82, 2.24) is 5.32 Å². The molecule has 0 fully saturated rings. The van der Waals surface area contributed by atoms with Gasteiger partial charge < -0.3 is 15.4 Å². The topological polar surface area (TPSA) is 62.7 Å². The van der Waals surface area contributed by atoms with Gasteiger partial charge in [-0.15, -0.1) is 0 Å². The third-order valence-corrected chi connectivity index (χ3v) is 3.91. The summed E-state index contributed by atoms with van der Waals surface area (Å²) in [5, 5.41) is 6.29. The maximum absolute atomic E-state index is 12.2. The van der Waals surface area contributed by atoms with Crippen LogP contribution >= 0.6 is 0 Å². The average molecular weight is 337 g/mol. The molecule has 0 spiro atoms. The van der Waals surface area contributed by atoms with E-state index in [0.717, 1.165) is 42.3 Å². The summed E-state index contributed by atoms with van der Waals surface area (Å²) in [4.78, 5) is 16.7. The molecule has 0 aliphatic carbocycles. The standard InChI is InChI=1S/C20H23N3O2/c24-19(12-6-15-25-16-8-2-1-3-9-16)23-18-11-5-4-10-17(18)20-21-13-7-14-22-20/h1-5,8-11H,6-7,12-15H2,(H,21,22)(H,23,24). The fourth-order valence-electron chi connectivity index (χ4n) is 2.66. The summed E-state index contributed by atoms with van der Waals surface area (Å²) in [5.41, 5.74) is 1.74. The minimum atomic E-state index is -0.0134. The van der Waals surface area contributed by atoms with Crippen molar-refractivity contribution in [3.05, 3.63) is 60.2 Å². The molecular weight excluding hydrogens is 314 g/mol. The Morgan fingerprint density at radius 1 is 1.12 bits per heavy atom. The van der Waals surface area contributed by atoms with Crippen LogP contribution in [0.3, 0.4) is 0 Å².